The predicted octanol–water partition coefficient (Wildman–Crippen LogP) is -0.675. The summed E-state index contributed by atoms with van der Waals surface area (Å²) >= 11 is 0. The molecule has 5 nitrogen and oxygen atoms in total. The molecule has 1 fully saturated rings. The number of methoxy groups -OCH3 is 1. The van der Waals surface area contributed by atoms with Crippen molar-refractivity contribution < 1.29 is 19.7 Å². The second-order valence-corrected chi connectivity index (χ2v) is 3.89. The quantitative estimate of drug-likeness (QED) is 0.584. The molecule has 3 N–H and O–H groups in total. The van der Waals surface area contributed by atoms with Crippen LogP contribution in [-0.2, 0) is 9.47 Å². The number of likely N-dealkylation sites (N-methyl/N-ethyl adjacent to an activating group) is 1. The zero-order valence-electron chi connectivity index (χ0n) is 9.51. The van der Waals surface area contributed by atoms with Gasteiger partial charge in [0, 0.05) is 13.0 Å². The lowest BCUT2D eigenvalue weighted by atomic mass is 9.89. The van der Waals surface area contributed by atoms with Crippen molar-refractivity contribution in [1.29, 1.82) is 0 Å². The molecule has 1 aliphatic rings. The normalized spacial score (nSPS) is 41.8. The zero-order chi connectivity index (χ0) is 11.4. The molecule has 0 aromatic carbocycles. The van der Waals surface area contributed by atoms with Crippen molar-refractivity contribution in [2.45, 2.75) is 38.4 Å². The van der Waals surface area contributed by atoms with Crippen LogP contribution in [0.15, 0.2) is 0 Å². The molecule has 1 rings (SSSR count). The van der Waals surface area contributed by atoms with E-state index in [-0.39, 0.29) is 24.7 Å². The minimum atomic E-state index is -0.569. The van der Waals surface area contributed by atoms with E-state index in [0.717, 1.165) is 6.54 Å². The second kappa shape index (κ2) is 5.77. The van der Waals surface area contributed by atoms with Gasteiger partial charge in [-0.2, -0.15) is 0 Å². The van der Waals surface area contributed by atoms with E-state index in [0.29, 0.717) is 0 Å². The van der Waals surface area contributed by atoms with E-state index in [2.05, 4.69) is 5.32 Å². The third-order valence-corrected chi connectivity index (χ3v) is 2.95. The van der Waals surface area contributed by atoms with Crippen molar-refractivity contribution >= 4 is 0 Å². The number of nitrogens with one attached hydrogen (secondary N) is 1. The molecule has 5 unspecified atom stereocenters. The fraction of sp³-hybridized carbons (Fsp3) is 1.00. The second-order valence-electron chi connectivity index (χ2n) is 3.89. The van der Waals surface area contributed by atoms with Gasteiger partial charge in [-0.15, -0.1) is 0 Å². The fourth-order valence-electron chi connectivity index (χ4n) is 1.95. The number of aliphatic hydroxyl groups excluding tert-OH is 2. The maximum Gasteiger partial charge on any atom is 0.175 e. The third-order valence-electron chi connectivity index (χ3n) is 2.95. The van der Waals surface area contributed by atoms with Crippen LogP contribution in [0.5, 0.6) is 0 Å². The van der Waals surface area contributed by atoms with Gasteiger partial charge in [-0.1, -0.05) is 13.8 Å². The van der Waals surface area contributed by atoms with E-state index in [1.165, 1.54) is 7.11 Å². The summed E-state index contributed by atoms with van der Waals surface area (Å²) in [6.07, 6.45) is -1.44. The van der Waals surface area contributed by atoms with Gasteiger partial charge in [-0.3, -0.25) is 0 Å². The summed E-state index contributed by atoms with van der Waals surface area (Å²) in [7, 11) is 1.53. The molecule has 5 heteroatoms. The van der Waals surface area contributed by atoms with Crippen LogP contribution in [0.4, 0.5) is 0 Å². The summed E-state index contributed by atoms with van der Waals surface area (Å²) in [5, 5.41) is 22.3. The van der Waals surface area contributed by atoms with Gasteiger partial charge < -0.3 is 25.0 Å². The Kier molecular flexibility index (Phi) is 4.95. The lowest BCUT2D eigenvalue weighted by molar-refractivity contribution is -0.246. The molecular weight excluding hydrogens is 198 g/mol. The lowest BCUT2D eigenvalue weighted by Gasteiger charge is -2.42. The summed E-state index contributed by atoms with van der Waals surface area (Å²) in [6.45, 7) is 4.46. The lowest BCUT2D eigenvalue weighted by Crippen LogP contribution is -2.60. The van der Waals surface area contributed by atoms with Crippen LogP contribution in [0.3, 0.4) is 0 Å². The average molecular weight is 219 g/mol. The summed E-state index contributed by atoms with van der Waals surface area (Å²) in [5.41, 5.74) is 0. The molecule has 0 spiro atoms. The van der Waals surface area contributed by atoms with Gasteiger partial charge in [0.25, 0.3) is 0 Å². The number of hydrogen-bond donors (Lipinski definition) is 3. The summed E-state index contributed by atoms with van der Waals surface area (Å²) < 4.78 is 10.7. The highest BCUT2D eigenvalue weighted by atomic mass is 16.7. The van der Waals surface area contributed by atoms with Gasteiger partial charge in [0.05, 0.1) is 24.9 Å². The first-order valence-corrected chi connectivity index (χ1v) is 5.36. The first-order chi connectivity index (χ1) is 7.15. The fourth-order valence-corrected chi connectivity index (χ4v) is 1.95. The molecule has 5 atom stereocenters. The van der Waals surface area contributed by atoms with Gasteiger partial charge in [0.2, 0.25) is 0 Å². The maximum absolute atomic E-state index is 10.0. The molecule has 1 saturated heterocycles. The first kappa shape index (κ1) is 12.9. The van der Waals surface area contributed by atoms with Crippen molar-refractivity contribution in [1.82, 2.24) is 5.32 Å². The van der Waals surface area contributed by atoms with Crippen molar-refractivity contribution in [2.24, 2.45) is 5.92 Å². The van der Waals surface area contributed by atoms with Crippen molar-refractivity contribution in [3.05, 3.63) is 0 Å². The molecule has 15 heavy (non-hydrogen) atoms. The largest absolute Gasteiger partial charge is 0.394 e. The molecule has 0 aromatic heterocycles. The molecule has 1 aliphatic heterocycles. The van der Waals surface area contributed by atoms with Crippen LogP contribution in [0.25, 0.3) is 0 Å². The molecular formula is C10H21NO4. The molecule has 0 aliphatic carbocycles. The minimum absolute atomic E-state index is 0.100. The molecule has 1 heterocycles. The average Bonchev–Trinajstić information content (AvgIpc) is 2.25. The highest BCUT2D eigenvalue weighted by Crippen LogP contribution is 2.25. The van der Waals surface area contributed by atoms with Gasteiger partial charge in [0.1, 0.15) is 0 Å². The molecule has 0 saturated carbocycles. The summed E-state index contributed by atoms with van der Waals surface area (Å²) in [6, 6.07) is -0.238. The van der Waals surface area contributed by atoms with Crippen LogP contribution in [0.1, 0.15) is 13.8 Å². The van der Waals surface area contributed by atoms with Crippen LogP contribution in [0.2, 0.25) is 0 Å². The summed E-state index contributed by atoms with van der Waals surface area (Å²) in [5.74, 6) is -0.106. The Morgan fingerprint density at radius 1 is 1.47 bits per heavy atom. The summed E-state index contributed by atoms with van der Waals surface area (Å²) in [4.78, 5) is 0. The van der Waals surface area contributed by atoms with Crippen molar-refractivity contribution in [3.63, 3.8) is 0 Å². The molecule has 0 amide bonds. The monoisotopic (exact) mass is 219 g/mol. The Balaban J connectivity index is 2.70. The van der Waals surface area contributed by atoms with E-state index in [1.807, 2.05) is 13.8 Å². The van der Waals surface area contributed by atoms with Crippen LogP contribution in [0, 0.1) is 5.92 Å². The van der Waals surface area contributed by atoms with Crippen molar-refractivity contribution in [3.8, 4) is 0 Å². The minimum Gasteiger partial charge on any atom is -0.394 e. The van der Waals surface area contributed by atoms with Gasteiger partial charge >= 0.3 is 0 Å². The van der Waals surface area contributed by atoms with Gasteiger partial charge in [0.15, 0.2) is 6.29 Å². The third kappa shape index (κ3) is 2.68. The number of aliphatic hydroxyl groups is 2. The highest BCUT2D eigenvalue weighted by molar-refractivity contribution is 4.90. The van der Waals surface area contributed by atoms with E-state index < -0.39 is 12.4 Å². The number of ether oxygens (including phenoxy) is 2. The Bertz CT molecular complexity index is 188. The molecule has 0 aromatic rings. The molecule has 0 bridgehead atoms. The van der Waals surface area contributed by atoms with E-state index in [4.69, 9.17) is 14.6 Å². The maximum atomic E-state index is 10.0. The zero-order valence-corrected chi connectivity index (χ0v) is 9.51. The van der Waals surface area contributed by atoms with Crippen LogP contribution < -0.4 is 5.32 Å². The van der Waals surface area contributed by atoms with Gasteiger partial charge in [-0.05, 0) is 6.54 Å². The van der Waals surface area contributed by atoms with E-state index >= 15 is 0 Å². The van der Waals surface area contributed by atoms with E-state index in [1.54, 1.807) is 0 Å². The smallest absolute Gasteiger partial charge is 0.175 e. The SMILES string of the molecule is CCNC1C(OC)OC(CO)C(C)C1O. The molecule has 0 radical (unpaired) electrons. The Hall–Kier alpha value is -0.200. The Morgan fingerprint density at radius 2 is 2.13 bits per heavy atom. The Morgan fingerprint density at radius 3 is 2.60 bits per heavy atom. The molecule has 90 valence electrons. The standard InChI is InChI=1S/C10H21NO4/c1-4-11-8-9(13)6(2)7(5-12)15-10(8)14-3/h6-13H,4-5H2,1-3H3. The van der Waals surface area contributed by atoms with Crippen molar-refractivity contribution in [2.75, 3.05) is 20.3 Å². The van der Waals surface area contributed by atoms with Crippen LogP contribution in [-0.4, -0.2) is 55.0 Å². The highest BCUT2D eigenvalue weighted by Gasteiger charge is 2.42. The Labute approximate surface area is 90.4 Å². The number of hydrogen-bond acceptors (Lipinski definition) is 5. The number of rotatable bonds is 4. The van der Waals surface area contributed by atoms with E-state index in [9.17, 15) is 5.11 Å². The topological polar surface area (TPSA) is 71.0 Å². The predicted molar refractivity (Wildman–Crippen MR) is 55.4 cm³/mol. The van der Waals surface area contributed by atoms with Gasteiger partial charge in [-0.25, -0.2) is 0 Å². The van der Waals surface area contributed by atoms with Crippen LogP contribution >= 0.6 is 0 Å². The first-order valence-electron chi connectivity index (χ1n) is 5.36.